The van der Waals surface area contributed by atoms with E-state index in [0.29, 0.717) is 19.4 Å². The Bertz CT molecular complexity index is 1300. The molecule has 2 atom stereocenters. The summed E-state index contributed by atoms with van der Waals surface area (Å²) in [4.78, 5) is 24.6. The molecule has 0 aromatic rings. The predicted octanol–water partition coefficient (Wildman–Crippen LogP) is 23.5. The third-order valence-electron chi connectivity index (χ3n) is 16.9. The molecular weight excluding hydrogens is 983 g/mol. The quantitative estimate of drug-likeness (QED) is 0.0320. The molecule has 0 fully saturated rings. The standard InChI is InChI=1S/C74H141NO5/c1-3-5-7-9-11-13-15-17-19-20-21-22-23-27-30-33-36-39-42-46-50-54-58-62-66-72(77)71(70-76)75-73(78)67-63-59-55-51-47-43-40-37-34-31-28-25-24-26-29-32-35-38-41-45-49-53-57-61-65-69-80-74(79)68-64-60-56-52-48-44-18-16-14-12-10-8-6-4-2/h25-26,28-29,62,66,71-72,76-77H,3-24,27,30-61,63-65,67-70H2,1-2H3,(H,75,78)/b28-25-,29-26-,66-62+. The van der Waals surface area contributed by atoms with Crippen molar-refractivity contribution >= 4 is 11.9 Å². The van der Waals surface area contributed by atoms with Gasteiger partial charge in [0.15, 0.2) is 0 Å². The van der Waals surface area contributed by atoms with Gasteiger partial charge in [0.2, 0.25) is 5.91 Å². The minimum absolute atomic E-state index is 0.0114. The van der Waals surface area contributed by atoms with E-state index in [1.165, 1.54) is 327 Å². The molecular formula is C74H141NO5. The highest BCUT2D eigenvalue weighted by Crippen LogP contribution is 2.19. The first-order valence-corrected chi connectivity index (χ1v) is 36.3. The second-order valence-corrected chi connectivity index (χ2v) is 24.9. The lowest BCUT2D eigenvalue weighted by molar-refractivity contribution is -0.143. The van der Waals surface area contributed by atoms with Crippen molar-refractivity contribution in [2.24, 2.45) is 0 Å². The van der Waals surface area contributed by atoms with E-state index in [1.54, 1.807) is 6.08 Å². The van der Waals surface area contributed by atoms with Crippen LogP contribution in [-0.4, -0.2) is 47.4 Å². The maximum atomic E-state index is 12.5. The zero-order valence-electron chi connectivity index (χ0n) is 54.1. The van der Waals surface area contributed by atoms with Gasteiger partial charge in [-0.25, -0.2) is 0 Å². The van der Waals surface area contributed by atoms with Crippen molar-refractivity contribution in [3.63, 3.8) is 0 Å². The van der Waals surface area contributed by atoms with E-state index >= 15 is 0 Å². The number of hydrogen-bond acceptors (Lipinski definition) is 5. The Hall–Kier alpha value is -1.92. The lowest BCUT2D eigenvalue weighted by Gasteiger charge is -2.20. The van der Waals surface area contributed by atoms with E-state index in [-0.39, 0.29) is 18.5 Å². The second-order valence-electron chi connectivity index (χ2n) is 24.9. The van der Waals surface area contributed by atoms with Gasteiger partial charge in [0, 0.05) is 12.8 Å². The van der Waals surface area contributed by atoms with Gasteiger partial charge >= 0.3 is 5.97 Å². The number of amides is 1. The topological polar surface area (TPSA) is 95.9 Å². The van der Waals surface area contributed by atoms with Crippen LogP contribution < -0.4 is 5.32 Å². The summed E-state index contributed by atoms with van der Waals surface area (Å²) in [7, 11) is 0. The Morgan fingerprint density at radius 3 is 0.950 bits per heavy atom. The summed E-state index contributed by atoms with van der Waals surface area (Å²) in [6, 6.07) is -0.634. The molecule has 0 aromatic heterocycles. The molecule has 0 aliphatic rings. The molecule has 0 aliphatic heterocycles. The molecule has 0 spiro atoms. The highest BCUT2D eigenvalue weighted by atomic mass is 16.5. The van der Waals surface area contributed by atoms with Gasteiger partial charge in [-0.15, -0.1) is 0 Å². The van der Waals surface area contributed by atoms with Crippen molar-refractivity contribution in [3.8, 4) is 0 Å². The molecule has 1 amide bonds. The summed E-state index contributed by atoms with van der Waals surface area (Å²) in [5.74, 6) is -0.0586. The SMILES string of the molecule is CCCCCCCCCCCCCCCCCCCCCCCC/C=C/C(O)C(CO)NC(=O)CCCCCCCCCCC/C=C\C/C=C\CCCCCCCCCCCOC(=O)CCCCCCCCCCCCCCCC. The van der Waals surface area contributed by atoms with Crippen LogP contribution in [0.2, 0.25) is 0 Å². The van der Waals surface area contributed by atoms with Gasteiger partial charge in [0.1, 0.15) is 0 Å². The van der Waals surface area contributed by atoms with Gasteiger partial charge in [-0.2, -0.15) is 0 Å². The summed E-state index contributed by atoms with van der Waals surface area (Å²) in [6.45, 7) is 4.94. The van der Waals surface area contributed by atoms with E-state index in [0.717, 1.165) is 44.9 Å². The van der Waals surface area contributed by atoms with Crippen molar-refractivity contribution in [1.29, 1.82) is 0 Å². The van der Waals surface area contributed by atoms with Crippen molar-refractivity contribution in [1.82, 2.24) is 5.32 Å². The van der Waals surface area contributed by atoms with E-state index in [4.69, 9.17) is 4.74 Å². The van der Waals surface area contributed by atoms with Gasteiger partial charge in [-0.3, -0.25) is 9.59 Å². The van der Waals surface area contributed by atoms with E-state index < -0.39 is 12.1 Å². The summed E-state index contributed by atoms with van der Waals surface area (Å²) in [5.41, 5.74) is 0. The lowest BCUT2D eigenvalue weighted by Crippen LogP contribution is -2.45. The number of ether oxygens (including phenoxy) is 1. The third-order valence-corrected chi connectivity index (χ3v) is 16.9. The molecule has 2 unspecified atom stereocenters. The van der Waals surface area contributed by atoms with Crippen molar-refractivity contribution < 1.29 is 24.5 Å². The summed E-state index contributed by atoms with van der Waals surface area (Å²) in [5, 5.41) is 23.3. The summed E-state index contributed by atoms with van der Waals surface area (Å²) >= 11 is 0. The molecule has 0 saturated carbocycles. The van der Waals surface area contributed by atoms with E-state index in [9.17, 15) is 19.8 Å². The zero-order chi connectivity index (χ0) is 57.8. The number of aliphatic hydroxyl groups is 2. The number of hydrogen-bond donors (Lipinski definition) is 3. The maximum absolute atomic E-state index is 12.5. The monoisotopic (exact) mass is 1120 g/mol. The van der Waals surface area contributed by atoms with Crippen LogP contribution in [0.4, 0.5) is 0 Å². The molecule has 0 rings (SSSR count). The number of esters is 1. The number of rotatable bonds is 68. The average molecular weight is 1120 g/mol. The van der Waals surface area contributed by atoms with E-state index in [1.807, 2.05) is 6.08 Å². The highest BCUT2D eigenvalue weighted by molar-refractivity contribution is 5.76. The van der Waals surface area contributed by atoms with E-state index in [2.05, 4.69) is 43.5 Å². The van der Waals surface area contributed by atoms with Crippen molar-refractivity contribution in [3.05, 3.63) is 36.5 Å². The highest BCUT2D eigenvalue weighted by Gasteiger charge is 2.18. The molecule has 6 nitrogen and oxygen atoms in total. The molecule has 0 saturated heterocycles. The number of unbranched alkanes of at least 4 members (excludes halogenated alkanes) is 53. The average Bonchev–Trinajstić information content (AvgIpc) is 3.46. The number of carbonyl (C=O) groups is 2. The first-order chi connectivity index (χ1) is 39.5. The number of aliphatic hydroxyl groups excluding tert-OH is 2. The molecule has 472 valence electrons. The fraction of sp³-hybridized carbons (Fsp3) is 0.892. The van der Waals surface area contributed by atoms with Crippen molar-refractivity contribution in [2.75, 3.05) is 13.2 Å². The first kappa shape index (κ1) is 78.1. The fourth-order valence-electron chi connectivity index (χ4n) is 11.4. The molecule has 6 heteroatoms. The summed E-state index contributed by atoms with van der Waals surface area (Å²) in [6.07, 6.45) is 89.4. The number of carbonyl (C=O) groups excluding carboxylic acids is 2. The number of allylic oxidation sites excluding steroid dienone is 5. The van der Waals surface area contributed by atoms with Crippen LogP contribution in [-0.2, 0) is 14.3 Å². The van der Waals surface area contributed by atoms with Gasteiger partial charge in [-0.05, 0) is 64.2 Å². The Kier molecular flexibility index (Phi) is 67.9. The Morgan fingerprint density at radius 1 is 0.350 bits per heavy atom. The van der Waals surface area contributed by atoms with Gasteiger partial charge < -0.3 is 20.3 Å². The largest absolute Gasteiger partial charge is 0.466 e. The molecule has 0 heterocycles. The van der Waals surface area contributed by atoms with Gasteiger partial charge in [0.05, 0.1) is 25.4 Å². The zero-order valence-corrected chi connectivity index (χ0v) is 54.1. The minimum Gasteiger partial charge on any atom is -0.466 e. The van der Waals surface area contributed by atoms with Crippen LogP contribution in [0.5, 0.6) is 0 Å². The molecule has 0 aromatic carbocycles. The van der Waals surface area contributed by atoms with Crippen molar-refractivity contribution in [2.45, 2.75) is 411 Å². The third kappa shape index (κ3) is 65.2. The van der Waals surface area contributed by atoms with Crippen LogP contribution >= 0.6 is 0 Å². The van der Waals surface area contributed by atoms with Crippen LogP contribution in [0.1, 0.15) is 399 Å². The van der Waals surface area contributed by atoms with Crippen LogP contribution in [0.25, 0.3) is 0 Å². The number of nitrogens with one attached hydrogen (secondary N) is 1. The Balaban J connectivity index is 3.45. The Morgan fingerprint density at radius 2 is 0.625 bits per heavy atom. The summed E-state index contributed by atoms with van der Waals surface area (Å²) < 4.78 is 5.49. The molecule has 3 N–H and O–H groups in total. The molecule has 0 radical (unpaired) electrons. The molecule has 80 heavy (non-hydrogen) atoms. The second kappa shape index (κ2) is 69.6. The normalized spacial score (nSPS) is 12.7. The predicted molar refractivity (Wildman–Crippen MR) is 352 cm³/mol. The minimum atomic E-state index is -0.850. The maximum Gasteiger partial charge on any atom is 0.305 e. The van der Waals surface area contributed by atoms with Crippen LogP contribution in [0.3, 0.4) is 0 Å². The Labute approximate surface area is 500 Å². The van der Waals surface area contributed by atoms with Gasteiger partial charge in [0.25, 0.3) is 0 Å². The molecule has 0 aliphatic carbocycles. The molecule has 0 bridgehead atoms. The van der Waals surface area contributed by atoms with Crippen LogP contribution in [0.15, 0.2) is 36.5 Å². The smallest absolute Gasteiger partial charge is 0.305 e. The van der Waals surface area contributed by atoms with Crippen LogP contribution in [0, 0.1) is 0 Å². The lowest BCUT2D eigenvalue weighted by atomic mass is 10.0. The first-order valence-electron chi connectivity index (χ1n) is 36.3. The fourth-order valence-corrected chi connectivity index (χ4v) is 11.4. The van der Waals surface area contributed by atoms with Gasteiger partial charge in [-0.1, -0.05) is 359 Å².